The van der Waals surface area contributed by atoms with E-state index in [0.717, 1.165) is 36.9 Å². The molecule has 126 valence electrons. The normalized spacial score (nSPS) is 15.3. The van der Waals surface area contributed by atoms with E-state index in [9.17, 15) is 9.59 Å². The quantitative estimate of drug-likeness (QED) is 0.769. The van der Waals surface area contributed by atoms with Crippen LogP contribution in [-0.4, -0.2) is 18.4 Å². The summed E-state index contributed by atoms with van der Waals surface area (Å²) in [5, 5.41) is 5.95. The van der Waals surface area contributed by atoms with Crippen molar-refractivity contribution in [3.05, 3.63) is 29.8 Å². The Morgan fingerprint density at radius 1 is 1.17 bits per heavy atom. The molecule has 1 fully saturated rings. The van der Waals surface area contributed by atoms with Gasteiger partial charge in [-0.1, -0.05) is 39.3 Å². The van der Waals surface area contributed by atoms with E-state index in [1.165, 1.54) is 0 Å². The molecule has 1 aliphatic carbocycles. The second-order valence-electron chi connectivity index (χ2n) is 6.92. The zero-order valence-electron chi connectivity index (χ0n) is 14.4. The van der Waals surface area contributed by atoms with Crippen LogP contribution in [0.25, 0.3) is 0 Å². The third-order valence-electron chi connectivity index (χ3n) is 4.33. The van der Waals surface area contributed by atoms with Crippen molar-refractivity contribution in [2.75, 3.05) is 11.9 Å². The van der Waals surface area contributed by atoms with E-state index in [2.05, 4.69) is 31.4 Å². The monoisotopic (exact) mass is 316 g/mol. The Balaban J connectivity index is 1.96. The minimum absolute atomic E-state index is 0.0513. The maximum absolute atomic E-state index is 12.4. The van der Waals surface area contributed by atoms with Crippen LogP contribution in [0.4, 0.5) is 5.69 Å². The lowest BCUT2D eigenvalue weighted by molar-refractivity contribution is -0.123. The van der Waals surface area contributed by atoms with Crippen LogP contribution in [0.1, 0.15) is 58.4 Å². The molecule has 0 aliphatic heterocycles. The number of unbranched alkanes of at least 4 members (excludes halogenated alkanes) is 1. The first-order chi connectivity index (χ1) is 11.0. The van der Waals surface area contributed by atoms with Crippen LogP contribution in [0.2, 0.25) is 0 Å². The van der Waals surface area contributed by atoms with Crippen LogP contribution in [-0.2, 0) is 15.0 Å². The minimum atomic E-state index is -0.348. The number of nitrogens with one attached hydrogen (secondary N) is 2. The van der Waals surface area contributed by atoms with Crippen molar-refractivity contribution in [1.29, 1.82) is 0 Å². The fourth-order valence-electron chi connectivity index (χ4n) is 2.67. The molecule has 0 bridgehead atoms. The van der Waals surface area contributed by atoms with Crippen molar-refractivity contribution in [2.24, 2.45) is 5.92 Å². The summed E-state index contributed by atoms with van der Waals surface area (Å²) in [7, 11) is 0. The van der Waals surface area contributed by atoms with Crippen LogP contribution in [0.3, 0.4) is 0 Å². The number of rotatable bonds is 8. The predicted octanol–water partition coefficient (Wildman–Crippen LogP) is 3.62. The minimum Gasteiger partial charge on any atom is -0.355 e. The highest BCUT2D eigenvalue weighted by atomic mass is 16.2. The number of hydrogen-bond acceptors (Lipinski definition) is 2. The van der Waals surface area contributed by atoms with Crippen LogP contribution in [0.5, 0.6) is 0 Å². The number of anilines is 1. The van der Waals surface area contributed by atoms with Crippen LogP contribution < -0.4 is 10.6 Å². The molecule has 4 heteroatoms. The van der Waals surface area contributed by atoms with E-state index in [0.29, 0.717) is 18.9 Å². The first-order valence-electron chi connectivity index (χ1n) is 8.66. The van der Waals surface area contributed by atoms with Crippen molar-refractivity contribution in [3.63, 3.8) is 0 Å². The van der Waals surface area contributed by atoms with Gasteiger partial charge in [0, 0.05) is 18.7 Å². The molecule has 2 N–H and O–H groups in total. The van der Waals surface area contributed by atoms with Gasteiger partial charge in [-0.05, 0) is 42.9 Å². The maximum atomic E-state index is 12.4. The van der Waals surface area contributed by atoms with Gasteiger partial charge in [-0.3, -0.25) is 9.59 Å². The molecular formula is C19H28N2O2. The van der Waals surface area contributed by atoms with Crippen molar-refractivity contribution in [3.8, 4) is 0 Å². The number of carbonyl (C=O) groups excluding carboxylic acids is 2. The molecule has 1 aromatic carbocycles. The van der Waals surface area contributed by atoms with Crippen LogP contribution in [0.15, 0.2) is 24.3 Å². The molecule has 4 nitrogen and oxygen atoms in total. The summed E-state index contributed by atoms with van der Waals surface area (Å²) < 4.78 is 0. The lowest BCUT2D eigenvalue weighted by Gasteiger charge is -2.17. The van der Waals surface area contributed by atoms with Gasteiger partial charge in [-0.25, -0.2) is 0 Å². The highest BCUT2D eigenvalue weighted by Crippen LogP contribution is 2.48. The van der Waals surface area contributed by atoms with E-state index in [4.69, 9.17) is 0 Å². The van der Waals surface area contributed by atoms with Gasteiger partial charge < -0.3 is 10.6 Å². The summed E-state index contributed by atoms with van der Waals surface area (Å²) in [6, 6.07) is 7.73. The molecule has 23 heavy (non-hydrogen) atoms. The third kappa shape index (κ3) is 4.57. The Bertz CT molecular complexity index is 545. The Morgan fingerprint density at radius 3 is 2.35 bits per heavy atom. The van der Waals surface area contributed by atoms with E-state index in [1.54, 1.807) is 0 Å². The highest BCUT2D eigenvalue weighted by molar-refractivity contribution is 5.92. The summed E-state index contributed by atoms with van der Waals surface area (Å²) in [6.07, 6.45) is 4.28. The van der Waals surface area contributed by atoms with Crippen molar-refractivity contribution < 1.29 is 9.59 Å². The zero-order chi connectivity index (χ0) is 16.9. The topological polar surface area (TPSA) is 58.2 Å². The summed E-state index contributed by atoms with van der Waals surface area (Å²) in [6.45, 7) is 6.97. The Morgan fingerprint density at radius 2 is 1.83 bits per heavy atom. The third-order valence-corrected chi connectivity index (χ3v) is 4.33. The Labute approximate surface area is 139 Å². The number of amides is 2. The summed E-state index contributed by atoms with van der Waals surface area (Å²) in [4.78, 5) is 24.2. The largest absolute Gasteiger partial charge is 0.355 e. The van der Waals surface area contributed by atoms with Gasteiger partial charge in [0.05, 0.1) is 5.41 Å². The Kier molecular flexibility index (Phi) is 5.80. The standard InChI is InChI=1S/C19H28N2O2/c1-4-5-6-17(22)21-16-9-7-15(8-10-16)19(11-12-19)18(23)20-13-14(2)3/h7-10,14H,4-6,11-13H2,1-3H3,(H,20,23)(H,21,22). The molecule has 0 radical (unpaired) electrons. The van der Waals surface area contributed by atoms with Gasteiger partial charge in [-0.15, -0.1) is 0 Å². The smallest absolute Gasteiger partial charge is 0.230 e. The molecule has 0 heterocycles. The number of benzene rings is 1. The molecule has 0 saturated heterocycles. The van der Waals surface area contributed by atoms with Gasteiger partial charge >= 0.3 is 0 Å². The Hall–Kier alpha value is -1.84. The summed E-state index contributed by atoms with van der Waals surface area (Å²) >= 11 is 0. The fourth-order valence-corrected chi connectivity index (χ4v) is 2.67. The zero-order valence-corrected chi connectivity index (χ0v) is 14.4. The van der Waals surface area contributed by atoms with Crippen molar-refractivity contribution >= 4 is 17.5 Å². The lowest BCUT2D eigenvalue weighted by atomic mass is 9.94. The summed E-state index contributed by atoms with van der Waals surface area (Å²) in [5.41, 5.74) is 1.50. The van der Waals surface area contributed by atoms with Gasteiger partial charge in [0.15, 0.2) is 0 Å². The lowest BCUT2D eigenvalue weighted by Crippen LogP contribution is -2.36. The second-order valence-corrected chi connectivity index (χ2v) is 6.92. The molecule has 0 spiro atoms. The van der Waals surface area contributed by atoms with Crippen LogP contribution in [0, 0.1) is 5.92 Å². The maximum Gasteiger partial charge on any atom is 0.230 e. The van der Waals surface area contributed by atoms with E-state index in [1.807, 2.05) is 24.3 Å². The average molecular weight is 316 g/mol. The molecular weight excluding hydrogens is 288 g/mol. The summed E-state index contributed by atoms with van der Waals surface area (Å²) in [5.74, 6) is 0.636. The fraction of sp³-hybridized carbons (Fsp3) is 0.579. The molecule has 2 rings (SSSR count). The van der Waals surface area contributed by atoms with Gasteiger partial charge in [0.2, 0.25) is 11.8 Å². The number of hydrogen-bond donors (Lipinski definition) is 2. The second kappa shape index (κ2) is 7.62. The predicted molar refractivity (Wildman–Crippen MR) is 93.4 cm³/mol. The van der Waals surface area contributed by atoms with Crippen LogP contribution >= 0.6 is 0 Å². The van der Waals surface area contributed by atoms with Crippen molar-refractivity contribution in [2.45, 2.75) is 58.3 Å². The molecule has 1 aliphatic rings. The van der Waals surface area contributed by atoms with Crippen molar-refractivity contribution in [1.82, 2.24) is 5.32 Å². The van der Waals surface area contributed by atoms with E-state index >= 15 is 0 Å². The average Bonchev–Trinajstić information content (AvgIpc) is 3.33. The SMILES string of the molecule is CCCCC(=O)Nc1ccc(C2(C(=O)NCC(C)C)CC2)cc1. The van der Waals surface area contributed by atoms with E-state index < -0.39 is 0 Å². The van der Waals surface area contributed by atoms with E-state index in [-0.39, 0.29) is 17.2 Å². The molecule has 1 saturated carbocycles. The molecule has 0 unspecified atom stereocenters. The first-order valence-corrected chi connectivity index (χ1v) is 8.66. The van der Waals surface area contributed by atoms with Gasteiger partial charge in [0.1, 0.15) is 0 Å². The molecule has 0 aromatic heterocycles. The molecule has 0 atom stereocenters. The molecule has 2 amide bonds. The molecule has 1 aromatic rings. The highest BCUT2D eigenvalue weighted by Gasteiger charge is 2.51. The van der Waals surface area contributed by atoms with Gasteiger partial charge in [0.25, 0.3) is 0 Å². The van der Waals surface area contributed by atoms with Gasteiger partial charge in [-0.2, -0.15) is 0 Å². The first kappa shape index (κ1) is 17.5. The number of carbonyl (C=O) groups is 2.